The van der Waals surface area contributed by atoms with Crippen LogP contribution < -0.4 is 10.2 Å². The molecule has 2 aromatic rings. The summed E-state index contributed by atoms with van der Waals surface area (Å²) in [7, 11) is 0. The van der Waals surface area contributed by atoms with Crippen molar-refractivity contribution in [1.82, 2.24) is 5.32 Å². The van der Waals surface area contributed by atoms with Crippen LogP contribution in [0.25, 0.3) is 0 Å². The number of halogens is 1. The molecule has 0 aliphatic carbocycles. The Morgan fingerprint density at radius 1 is 1.00 bits per heavy atom. The quantitative estimate of drug-likeness (QED) is 0.823. The zero-order valence-electron chi connectivity index (χ0n) is 12.1. The van der Waals surface area contributed by atoms with E-state index in [0.29, 0.717) is 0 Å². The van der Waals surface area contributed by atoms with E-state index in [-0.39, 0.29) is 0 Å². The van der Waals surface area contributed by atoms with E-state index in [1.807, 2.05) is 6.07 Å². The molecule has 0 saturated heterocycles. The van der Waals surface area contributed by atoms with Gasteiger partial charge >= 0.3 is 0 Å². The van der Waals surface area contributed by atoms with Gasteiger partial charge < -0.3 is 10.2 Å². The van der Waals surface area contributed by atoms with E-state index in [0.717, 1.165) is 24.1 Å². The van der Waals surface area contributed by atoms with Gasteiger partial charge in [0.25, 0.3) is 0 Å². The Labute approximate surface area is 129 Å². The summed E-state index contributed by atoms with van der Waals surface area (Å²) in [5.74, 6) is 0. The number of nitrogens with one attached hydrogen (secondary N) is 1. The van der Waals surface area contributed by atoms with Gasteiger partial charge in [-0.05, 0) is 43.3 Å². The lowest BCUT2D eigenvalue weighted by Crippen LogP contribution is -2.16. The lowest BCUT2D eigenvalue weighted by Gasteiger charge is -2.24. The largest absolute Gasteiger partial charge is 0.342 e. The van der Waals surface area contributed by atoms with Gasteiger partial charge in [0.15, 0.2) is 0 Å². The third-order valence-electron chi connectivity index (χ3n) is 3.30. The number of hydrogen-bond donors (Lipinski definition) is 1. The van der Waals surface area contributed by atoms with Crippen molar-refractivity contribution in [3.63, 3.8) is 0 Å². The first-order chi connectivity index (χ1) is 9.76. The smallest absolute Gasteiger partial charge is 0.0422 e. The predicted octanol–water partition coefficient (Wildman–Crippen LogP) is 4.72. The number of benzene rings is 2. The van der Waals surface area contributed by atoms with Crippen molar-refractivity contribution in [1.29, 1.82) is 0 Å². The Morgan fingerprint density at radius 3 is 2.35 bits per heavy atom. The Hall–Kier alpha value is -1.32. The monoisotopic (exact) mass is 332 g/mol. The highest BCUT2D eigenvalue weighted by Gasteiger charge is 2.08. The first kappa shape index (κ1) is 15.1. The minimum Gasteiger partial charge on any atom is -0.342 e. The molecule has 106 valence electrons. The van der Waals surface area contributed by atoms with Gasteiger partial charge in [-0.1, -0.05) is 47.1 Å². The second-order valence-electron chi connectivity index (χ2n) is 4.64. The summed E-state index contributed by atoms with van der Waals surface area (Å²) < 4.78 is 1.16. The average molecular weight is 333 g/mol. The highest BCUT2D eigenvalue weighted by molar-refractivity contribution is 9.10. The van der Waals surface area contributed by atoms with Crippen molar-refractivity contribution in [3.05, 3.63) is 58.6 Å². The van der Waals surface area contributed by atoms with Crippen molar-refractivity contribution in [2.45, 2.75) is 20.4 Å². The summed E-state index contributed by atoms with van der Waals surface area (Å²) >= 11 is 3.68. The summed E-state index contributed by atoms with van der Waals surface area (Å²) in [6, 6.07) is 17.1. The van der Waals surface area contributed by atoms with Crippen LogP contribution in [0.15, 0.2) is 53.0 Å². The fourth-order valence-corrected chi connectivity index (χ4v) is 2.74. The van der Waals surface area contributed by atoms with Gasteiger partial charge in [-0.2, -0.15) is 0 Å². The molecule has 2 nitrogen and oxygen atoms in total. The maximum atomic E-state index is 3.68. The van der Waals surface area contributed by atoms with Crippen molar-refractivity contribution in [3.8, 4) is 0 Å². The zero-order valence-corrected chi connectivity index (χ0v) is 13.7. The van der Waals surface area contributed by atoms with E-state index >= 15 is 0 Å². The number of rotatable bonds is 6. The van der Waals surface area contributed by atoms with E-state index in [9.17, 15) is 0 Å². The summed E-state index contributed by atoms with van der Waals surface area (Å²) in [6.45, 7) is 7.13. The van der Waals surface area contributed by atoms with Gasteiger partial charge in [0.1, 0.15) is 0 Å². The molecule has 0 amide bonds. The molecule has 2 rings (SSSR count). The molecule has 0 spiro atoms. The third kappa shape index (κ3) is 3.62. The molecule has 20 heavy (non-hydrogen) atoms. The van der Waals surface area contributed by atoms with Gasteiger partial charge in [0.05, 0.1) is 0 Å². The Balaban J connectivity index is 2.25. The second kappa shape index (κ2) is 7.46. The molecule has 0 heterocycles. The van der Waals surface area contributed by atoms with E-state index in [1.165, 1.54) is 16.9 Å². The van der Waals surface area contributed by atoms with Gasteiger partial charge in [-0.15, -0.1) is 0 Å². The topological polar surface area (TPSA) is 15.3 Å². The molecule has 0 unspecified atom stereocenters. The second-order valence-corrected chi connectivity index (χ2v) is 5.49. The molecule has 0 bridgehead atoms. The molecule has 0 atom stereocenters. The van der Waals surface area contributed by atoms with Crippen molar-refractivity contribution >= 4 is 27.3 Å². The molecular formula is C17H21BrN2. The number of para-hydroxylation sites is 1. The molecule has 1 N–H and O–H groups in total. The van der Waals surface area contributed by atoms with Gasteiger partial charge in [-0.25, -0.2) is 0 Å². The maximum absolute atomic E-state index is 3.68. The van der Waals surface area contributed by atoms with E-state index in [1.54, 1.807) is 0 Å². The number of hydrogen-bond acceptors (Lipinski definition) is 2. The van der Waals surface area contributed by atoms with Crippen LogP contribution in [0.5, 0.6) is 0 Å². The SMILES string of the molecule is CCNCc1ccc(N(CC)c2ccccc2)cc1Br. The van der Waals surface area contributed by atoms with Crippen LogP contribution in [0, 0.1) is 0 Å². The van der Waals surface area contributed by atoms with Gasteiger partial charge in [0.2, 0.25) is 0 Å². The fraction of sp³-hybridized carbons (Fsp3) is 0.294. The van der Waals surface area contributed by atoms with Crippen LogP contribution in [0.1, 0.15) is 19.4 Å². The van der Waals surface area contributed by atoms with Crippen LogP contribution in [-0.2, 0) is 6.54 Å². The van der Waals surface area contributed by atoms with E-state index in [4.69, 9.17) is 0 Å². The Bertz CT molecular complexity index is 540. The normalized spacial score (nSPS) is 10.6. The average Bonchev–Trinajstić information content (AvgIpc) is 2.48. The minimum atomic E-state index is 0.898. The molecule has 0 radical (unpaired) electrons. The van der Waals surface area contributed by atoms with Crippen molar-refractivity contribution in [2.75, 3.05) is 18.0 Å². The Kier molecular flexibility index (Phi) is 5.62. The van der Waals surface area contributed by atoms with Crippen LogP contribution >= 0.6 is 15.9 Å². The highest BCUT2D eigenvalue weighted by atomic mass is 79.9. The molecule has 0 saturated carbocycles. The van der Waals surface area contributed by atoms with Crippen molar-refractivity contribution < 1.29 is 0 Å². The summed E-state index contributed by atoms with van der Waals surface area (Å²) in [6.07, 6.45) is 0. The fourth-order valence-electron chi connectivity index (χ4n) is 2.23. The Morgan fingerprint density at radius 2 is 1.75 bits per heavy atom. The molecule has 0 fully saturated rings. The molecule has 0 aliphatic heterocycles. The van der Waals surface area contributed by atoms with Crippen LogP contribution in [-0.4, -0.2) is 13.1 Å². The van der Waals surface area contributed by atoms with Crippen molar-refractivity contribution in [2.24, 2.45) is 0 Å². The lowest BCUT2D eigenvalue weighted by molar-refractivity contribution is 0.724. The van der Waals surface area contributed by atoms with Crippen LogP contribution in [0.2, 0.25) is 0 Å². The van der Waals surface area contributed by atoms with Crippen LogP contribution in [0.4, 0.5) is 11.4 Å². The van der Waals surface area contributed by atoms with Gasteiger partial charge in [0, 0.05) is 28.9 Å². The molecule has 3 heteroatoms. The minimum absolute atomic E-state index is 0.898. The first-order valence-electron chi connectivity index (χ1n) is 7.08. The number of nitrogens with zero attached hydrogens (tertiary/aromatic N) is 1. The summed E-state index contributed by atoms with van der Waals surface area (Å²) in [5.41, 5.74) is 3.73. The standard InChI is InChI=1S/C17H21BrN2/c1-3-19-13-14-10-11-16(12-17(14)18)20(4-2)15-8-6-5-7-9-15/h5-12,19H,3-4,13H2,1-2H3. The molecular weight excluding hydrogens is 312 g/mol. The third-order valence-corrected chi connectivity index (χ3v) is 4.04. The highest BCUT2D eigenvalue weighted by Crippen LogP contribution is 2.29. The molecule has 0 aromatic heterocycles. The first-order valence-corrected chi connectivity index (χ1v) is 7.87. The summed E-state index contributed by atoms with van der Waals surface area (Å²) in [4.78, 5) is 2.31. The zero-order chi connectivity index (χ0) is 14.4. The van der Waals surface area contributed by atoms with Gasteiger partial charge in [-0.3, -0.25) is 0 Å². The van der Waals surface area contributed by atoms with E-state index in [2.05, 4.69) is 82.5 Å². The number of anilines is 2. The lowest BCUT2D eigenvalue weighted by atomic mass is 10.1. The maximum Gasteiger partial charge on any atom is 0.0422 e. The molecule has 0 aliphatic rings. The predicted molar refractivity (Wildman–Crippen MR) is 90.6 cm³/mol. The van der Waals surface area contributed by atoms with Crippen LogP contribution in [0.3, 0.4) is 0 Å². The molecule has 2 aromatic carbocycles. The van der Waals surface area contributed by atoms with E-state index < -0.39 is 0 Å². The summed E-state index contributed by atoms with van der Waals surface area (Å²) in [5, 5.41) is 3.36.